The van der Waals surface area contributed by atoms with Crippen molar-refractivity contribution in [3.63, 3.8) is 0 Å². The Morgan fingerprint density at radius 1 is 1.03 bits per heavy atom. The molecule has 7 heteroatoms. The number of aromatic nitrogens is 2. The molecular weight excluding hydrogens is 430 g/mol. The molecule has 1 N–H and O–H groups in total. The number of hydrogen-bond donors (Lipinski definition) is 1. The molecular formula is C27H27N3O4. The summed E-state index contributed by atoms with van der Waals surface area (Å²) < 4.78 is 12.3. The molecule has 0 aliphatic heterocycles. The smallest absolute Gasteiger partial charge is 0.337 e. The van der Waals surface area contributed by atoms with Crippen LogP contribution in [0.3, 0.4) is 0 Å². The fourth-order valence-electron chi connectivity index (χ4n) is 4.05. The number of esters is 1. The number of hydrogen-bond acceptors (Lipinski definition) is 5. The van der Waals surface area contributed by atoms with Gasteiger partial charge in [-0.3, -0.25) is 4.79 Å². The van der Waals surface area contributed by atoms with Gasteiger partial charge in [-0.15, -0.1) is 0 Å². The maximum Gasteiger partial charge on any atom is 0.337 e. The molecule has 0 saturated carbocycles. The third kappa shape index (κ3) is 4.78. The van der Waals surface area contributed by atoms with E-state index in [0.717, 1.165) is 22.2 Å². The van der Waals surface area contributed by atoms with Gasteiger partial charge in [0.2, 0.25) is 5.91 Å². The van der Waals surface area contributed by atoms with Gasteiger partial charge in [0.1, 0.15) is 5.75 Å². The van der Waals surface area contributed by atoms with Gasteiger partial charge in [-0.2, -0.15) is 0 Å². The van der Waals surface area contributed by atoms with Crippen LogP contribution in [0.15, 0.2) is 73.1 Å². The molecule has 1 atom stereocenters. The van der Waals surface area contributed by atoms with Gasteiger partial charge in [0, 0.05) is 11.3 Å². The second kappa shape index (κ2) is 10.2. The Balaban J connectivity index is 1.58. The van der Waals surface area contributed by atoms with Crippen molar-refractivity contribution in [3.05, 3.63) is 89.7 Å². The van der Waals surface area contributed by atoms with Crippen LogP contribution in [0.1, 0.15) is 40.7 Å². The van der Waals surface area contributed by atoms with Crippen LogP contribution in [0, 0.1) is 0 Å². The Kier molecular flexibility index (Phi) is 6.92. The van der Waals surface area contributed by atoms with Crippen molar-refractivity contribution in [1.82, 2.24) is 9.55 Å². The summed E-state index contributed by atoms with van der Waals surface area (Å²) in [6.07, 6.45) is 2.46. The number of nitrogens with one attached hydrogen (secondary N) is 1. The largest absolute Gasteiger partial charge is 0.496 e. The summed E-state index contributed by atoms with van der Waals surface area (Å²) in [6.45, 7) is 2.49. The molecule has 4 aromatic rings. The molecule has 0 bridgehead atoms. The molecule has 7 nitrogen and oxygen atoms in total. The minimum absolute atomic E-state index is 0.0424. The predicted octanol–water partition coefficient (Wildman–Crippen LogP) is 5.01. The van der Waals surface area contributed by atoms with Gasteiger partial charge in [0.15, 0.2) is 0 Å². The molecule has 174 valence electrons. The lowest BCUT2D eigenvalue weighted by Gasteiger charge is -2.16. The normalized spacial score (nSPS) is 11.7. The Bertz CT molecular complexity index is 1310. The maximum atomic E-state index is 13.0. The zero-order chi connectivity index (χ0) is 24.1. The second-order valence-electron chi connectivity index (χ2n) is 7.95. The summed E-state index contributed by atoms with van der Waals surface area (Å²) in [5.74, 6) is -0.0966. The monoisotopic (exact) mass is 457 g/mol. The number of fused-ring (bicyclic) bond motifs is 1. The number of methoxy groups -OCH3 is 2. The first-order valence-corrected chi connectivity index (χ1v) is 11.1. The predicted molar refractivity (Wildman–Crippen MR) is 131 cm³/mol. The van der Waals surface area contributed by atoms with E-state index in [1.54, 1.807) is 25.6 Å². The summed E-state index contributed by atoms with van der Waals surface area (Å²) in [5.41, 5.74) is 4.71. The van der Waals surface area contributed by atoms with Gasteiger partial charge in [-0.05, 0) is 42.3 Å². The molecule has 0 spiro atoms. The van der Waals surface area contributed by atoms with Crippen LogP contribution in [0.2, 0.25) is 0 Å². The van der Waals surface area contributed by atoms with E-state index in [0.29, 0.717) is 30.0 Å². The van der Waals surface area contributed by atoms with Crippen molar-refractivity contribution >= 4 is 28.6 Å². The van der Waals surface area contributed by atoms with Crippen LogP contribution in [0.5, 0.6) is 5.75 Å². The molecule has 34 heavy (non-hydrogen) atoms. The Labute approximate surface area is 198 Å². The molecule has 0 fully saturated rings. The average molecular weight is 458 g/mol. The highest BCUT2D eigenvalue weighted by Crippen LogP contribution is 2.26. The van der Waals surface area contributed by atoms with Crippen LogP contribution >= 0.6 is 0 Å². The van der Waals surface area contributed by atoms with E-state index < -0.39 is 5.97 Å². The molecule has 0 aliphatic carbocycles. The Morgan fingerprint density at radius 3 is 2.53 bits per heavy atom. The SMILES string of the molecule is CCC(C(=O)Nc1ccc2ncn(Cc3ccc(C(=O)OC)cc3OC)c2c1)c1ccccc1. The number of amides is 1. The van der Waals surface area contributed by atoms with Crippen molar-refractivity contribution < 1.29 is 19.1 Å². The minimum Gasteiger partial charge on any atom is -0.496 e. The van der Waals surface area contributed by atoms with E-state index in [1.165, 1.54) is 7.11 Å². The molecule has 1 unspecified atom stereocenters. The zero-order valence-corrected chi connectivity index (χ0v) is 19.4. The Hall–Kier alpha value is -4.13. The molecule has 3 aromatic carbocycles. The summed E-state index contributed by atoms with van der Waals surface area (Å²) in [4.78, 5) is 29.3. The molecule has 1 heterocycles. The topological polar surface area (TPSA) is 82.5 Å². The van der Waals surface area contributed by atoms with Crippen LogP contribution in [-0.2, 0) is 16.1 Å². The lowest BCUT2D eigenvalue weighted by atomic mass is 9.95. The van der Waals surface area contributed by atoms with E-state index in [4.69, 9.17) is 9.47 Å². The molecule has 1 aromatic heterocycles. The van der Waals surface area contributed by atoms with Gasteiger partial charge >= 0.3 is 5.97 Å². The van der Waals surface area contributed by atoms with Crippen molar-refractivity contribution in [1.29, 1.82) is 0 Å². The van der Waals surface area contributed by atoms with E-state index >= 15 is 0 Å². The highest BCUT2D eigenvalue weighted by atomic mass is 16.5. The van der Waals surface area contributed by atoms with Crippen molar-refractivity contribution in [2.45, 2.75) is 25.8 Å². The van der Waals surface area contributed by atoms with Crippen LogP contribution in [0.25, 0.3) is 11.0 Å². The quantitative estimate of drug-likeness (QED) is 0.376. The van der Waals surface area contributed by atoms with E-state index in [1.807, 2.05) is 66.1 Å². The third-order valence-corrected chi connectivity index (χ3v) is 5.86. The number of ether oxygens (including phenoxy) is 2. The van der Waals surface area contributed by atoms with Crippen LogP contribution in [-0.4, -0.2) is 35.6 Å². The fraction of sp³-hybridized carbons (Fsp3) is 0.222. The molecule has 0 saturated heterocycles. The molecule has 1 amide bonds. The summed E-state index contributed by atoms with van der Waals surface area (Å²) in [5, 5.41) is 3.06. The van der Waals surface area contributed by atoms with Crippen LogP contribution in [0.4, 0.5) is 5.69 Å². The number of carbonyl (C=O) groups is 2. The van der Waals surface area contributed by atoms with Crippen LogP contribution < -0.4 is 10.1 Å². The average Bonchev–Trinajstić information content (AvgIpc) is 3.26. The number of nitrogens with zero attached hydrogens (tertiary/aromatic N) is 2. The highest BCUT2D eigenvalue weighted by Gasteiger charge is 2.19. The fourth-order valence-corrected chi connectivity index (χ4v) is 4.05. The van der Waals surface area contributed by atoms with Gasteiger partial charge in [-0.1, -0.05) is 43.3 Å². The number of carbonyl (C=O) groups excluding carboxylic acids is 2. The zero-order valence-electron chi connectivity index (χ0n) is 19.4. The highest BCUT2D eigenvalue weighted by molar-refractivity contribution is 5.97. The molecule has 0 radical (unpaired) electrons. The summed E-state index contributed by atoms with van der Waals surface area (Å²) in [7, 11) is 2.91. The Morgan fingerprint density at radius 2 is 1.82 bits per heavy atom. The van der Waals surface area contributed by atoms with E-state index in [9.17, 15) is 9.59 Å². The van der Waals surface area contributed by atoms with E-state index in [-0.39, 0.29) is 11.8 Å². The summed E-state index contributed by atoms with van der Waals surface area (Å²) >= 11 is 0. The van der Waals surface area contributed by atoms with E-state index in [2.05, 4.69) is 10.3 Å². The minimum atomic E-state index is -0.417. The van der Waals surface area contributed by atoms with Crippen molar-refractivity contribution in [2.24, 2.45) is 0 Å². The van der Waals surface area contributed by atoms with Gasteiger partial charge in [0.05, 0.1) is 49.6 Å². The number of imidazole rings is 1. The lowest BCUT2D eigenvalue weighted by Crippen LogP contribution is -2.20. The third-order valence-electron chi connectivity index (χ3n) is 5.86. The standard InChI is InChI=1S/C27H27N3O4/c1-4-22(18-8-6-5-7-9-18)26(31)29-21-12-13-23-24(15-21)30(17-28-23)16-20-11-10-19(27(32)34-3)14-25(20)33-2/h5-15,17,22H,4,16H2,1-3H3,(H,29,31). The van der Waals surface area contributed by atoms with Gasteiger partial charge < -0.3 is 19.4 Å². The second-order valence-corrected chi connectivity index (χ2v) is 7.95. The van der Waals surface area contributed by atoms with Gasteiger partial charge in [-0.25, -0.2) is 9.78 Å². The summed E-state index contributed by atoms with van der Waals surface area (Å²) in [6, 6.07) is 20.7. The van der Waals surface area contributed by atoms with Crippen molar-refractivity contribution in [3.8, 4) is 5.75 Å². The maximum absolute atomic E-state index is 13.0. The first-order chi connectivity index (χ1) is 16.5. The lowest BCUT2D eigenvalue weighted by molar-refractivity contribution is -0.117. The first-order valence-electron chi connectivity index (χ1n) is 11.1. The van der Waals surface area contributed by atoms with Crippen molar-refractivity contribution in [2.75, 3.05) is 19.5 Å². The number of rotatable bonds is 8. The number of benzene rings is 3. The number of anilines is 1. The van der Waals surface area contributed by atoms with Gasteiger partial charge in [0.25, 0.3) is 0 Å². The molecule has 0 aliphatic rings. The first kappa shape index (κ1) is 23.0. The molecule has 4 rings (SSSR count).